The van der Waals surface area contributed by atoms with Gasteiger partial charge in [-0.3, -0.25) is 9.59 Å². The largest absolute Gasteiger partial charge is 0.455 e. The second kappa shape index (κ2) is 6.78. The second-order valence-electron chi connectivity index (χ2n) is 5.43. The Morgan fingerprint density at radius 1 is 0.889 bits per heavy atom. The molecule has 140 valence electrons. The fraction of sp³-hybridized carbons (Fsp3) is 0.0588. The van der Waals surface area contributed by atoms with E-state index in [9.17, 15) is 31.2 Å². The summed E-state index contributed by atoms with van der Waals surface area (Å²) in [4.78, 5) is 22.1. The van der Waals surface area contributed by atoms with E-state index in [0.29, 0.717) is 5.39 Å². The van der Waals surface area contributed by atoms with E-state index in [1.165, 1.54) is 12.1 Å². The number of ketones is 1. The molecule has 0 saturated heterocycles. The summed E-state index contributed by atoms with van der Waals surface area (Å²) >= 11 is 0.268. The van der Waals surface area contributed by atoms with E-state index in [1.807, 2.05) is 0 Å². The lowest BCUT2D eigenvalue weighted by molar-refractivity contribution is -0.0882. The van der Waals surface area contributed by atoms with Crippen LogP contribution in [0.3, 0.4) is 0 Å². The van der Waals surface area contributed by atoms with Crippen molar-refractivity contribution in [1.29, 1.82) is 0 Å². The molecule has 0 unspecified atom stereocenters. The first-order chi connectivity index (χ1) is 12.6. The summed E-state index contributed by atoms with van der Waals surface area (Å²) in [6.07, 6.45) is -5.07. The first kappa shape index (κ1) is 19.1. The van der Waals surface area contributed by atoms with Gasteiger partial charge in [-0.05, 0) is 35.0 Å². The first-order valence-electron chi connectivity index (χ1n) is 7.35. The summed E-state index contributed by atoms with van der Waals surface area (Å²) in [5, 5.41) is 1.44. The third-order valence-electron chi connectivity index (χ3n) is 3.57. The number of thiophene rings is 1. The van der Waals surface area contributed by atoms with Crippen LogP contribution in [0.4, 0.5) is 13.2 Å². The maximum Gasteiger partial charge on any atom is 0.455 e. The Morgan fingerprint density at radius 2 is 1.52 bits per heavy atom. The molecular weight excluding hydrogens is 403 g/mol. The molecule has 0 aliphatic heterocycles. The molecule has 0 aliphatic rings. The molecule has 1 aromatic heterocycles. The molecule has 3 aromatic rings. The van der Waals surface area contributed by atoms with Gasteiger partial charge in [-0.15, -0.1) is 11.3 Å². The van der Waals surface area contributed by atoms with Crippen LogP contribution >= 0.6 is 11.3 Å². The van der Waals surface area contributed by atoms with Gasteiger partial charge in [0.05, 0.1) is 14.6 Å². The zero-order valence-electron chi connectivity index (χ0n) is 13.3. The van der Waals surface area contributed by atoms with Crippen molar-refractivity contribution >= 4 is 43.8 Å². The SMILES string of the molecule is O=C(NS(=O)(=O)c1ccc2ccccc2c1)c1ccc(C(=O)C(F)(F)F)s1. The number of sulfonamides is 1. The number of halogens is 3. The number of alkyl halides is 3. The highest BCUT2D eigenvalue weighted by molar-refractivity contribution is 7.90. The normalized spacial score (nSPS) is 12.1. The summed E-state index contributed by atoms with van der Waals surface area (Å²) in [5.41, 5.74) is 0. The Morgan fingerprint density at radius 3 is 2.19 bits per heavy atom. The van der Waals surface area contributed by atoms with Crippen molar-refractivity contribution in [2.45, 2.75) is 11.1 Å². The summed E-state index contributed by atoms with van der Waals surface area (Å²) in [7, 11) is -4.24. The zero-order valence-corrected chi connectivity index (χ0v) is 14.9. The molecule has 0 atom stereocenters. The molecule has 27 heavy (non-hydrogen) atoms. The number of hydrogen-bond acceptors (Lipinski definition) is 5. The molecule has 1 amide bonds. The van der Waals surface area contributed by atoms with Gasteiger partial charge in [-0.2, -0.15) is 13.2 Å². The van der Waals surface area contributed by atoms with Gasteiger partial charge in [-0.25, -0.2) is 13.1 Å². The smallest absolute Gasteiger partial charge is 0.283 e. The third kappa shape index (κ3) is 4.01. The van der Waals surface area contributed by atoms with Gasteiger partial charge >= 0.3 is 6.18 Å². The number of benzene rings is 2. The summed E-state index contributed by atoms with van der Waals surface area (Å²) < 4.78 is 63.8. The van der Waals surface area contributed by atoms with Crippen molar-refractivity contribution in [1.82, 2.24) is 4.72 Å². The average molecular weight is 413 g/mol. The minimum atomic E-state index is -5.07. The quantitative estimate of drug-likeness (QED) is 0.661. The molecule has 0 fully saturated rings. The van der Waals surface area contributed by atoms with Gasteiger partial charge in [0.2, 0.25) is 0 Å². The van der Waals surface area contributed by atoms with Crippen LogP contribution in [0, 0.1) is 0 Å². The molecule has 2 aromatic carbocycles. The van der Waals surface area contributed by atoms with Crippen molar-refractivity contribution in [2.75, 3.05) is 0 Å². The Kier molecular flexibility index (Phi) is 4.79. The predicted molar refractivity (Wildman–Crippen MR) is 93.3 cm³/mol. The van der Waals surface area contributed by atoms with E-state index in [1.54, 1.807) is 35.1 Å². The van der Waals surface area contributed by atoms with Crippen LogP contribution < -0.4 is 4.72 Å². The summed E-state index contributed by atoms with van der Waals surface area (Å²) in [5.74, 6) is -3.21. The van der Waals surface area contributed by atoms with Gasteiger partial charge in [0, 0.05) is 0 Å². The monoisotopic (exact) mass is 413 g/mol. The molecule has 10 heteroatoms. The zero-order chi connectivity index (χ0) is 19.8. The summed E-state index contributed by atoms with van der Waals surface area (Å²) in [6, 6.07) is 13.0. The number of carbonyl (C=O) groups is 2. The molecule has 0 bridgehead atoms. The number of fused-ring (bicyclic) bond motifs is 1. The number of rotatable bonds is 4. The molecular formula is C17H10F3NO4S2. The molecule has 0 spiro atoms. The standard InChI is InChI=1S/C17H10F3NO4S2/c18-17(19,20)15(22)13-7-8-14(26-13)16(23)21-27(24,25)12-6-5-10-3-1-2-4-11(10)9-12/h1-9H,(H,21,23). The Labute approximate surface area is 155 Å². The number of carbonyl (C=O) groups excluding carboxylic acids is 2. The van der Waals surface area contributed by atoms with E-state index < -0.39 is 32.8 Å². The van der Waals surface area contributed by atoms with Gasteiger partial charge in [0.25, 0.3) is 21.7 Å². The van der Waals surface area contributed by atoms with E-state index in [-0.39, 0.29) is 21.1 Å². The van der Waals surface area contributed by atoms with Crippen LogP contribution in [-0.2, 0) is 10.0 Å². The number of nitrogens with one attached hydrogen (secondary N) is 1. The van der Waals surface area contributed by atoms with E-state index in [2.05, 4.69) is 0 Å². The number of Topliss-reactive ketones (excluding diaryl/α,β-unsaturated/α-hetero) is 1. The summed E-state index contributed by atoms with van der Waals surface area (Å²) in [6.45, 7) is 0. The molecule has 5 nitrogen and oxygen atoms in total. The molecule has 0 saturated carbocycles. The topological polar surface area (TPSA) is 80.3 Å². The van der Waals surface area contributed by atoms with Crippen molar-refractivity contribution < 1.29 is 31.2 Å². The van der Waals surface area contributed by atoms with Crippen molar-refractivity contribution in [3.63, 3.8) is 0 Å². The number of hydrogen-bond donors (Lipinski definition) is 1. The van der Waals surface area contributed by atoms with Gasteiger partial charge in [0.15, 0.2) is 0 Å². The van der Waals surface area contributed by atoms with Crippen molar-refractivity contribution in [2.24, 2.45) is 0 Å². The van der Waals surface area contributed by atoms with Gasteiger partial charge in [0.1, 0.15) is 0 Å². The lowest BCUT2D eigenvalue weighted by Crippen LogP contribution is -2.30. The lowest BCUT2D eigenvalue weighted by atomic mass is 10.1. The highest BCUT2D eigenvalue weighted by Gasteiger charge is 2.40. The molecule has 1 heterocycles. The fourth-order valence-electron chi connectivity index (χ4n) is 2.29. The van der Waals surface area contributed by atoms with Crippen LogP contribution in [-0.4, -0.2) is 26.3 Å². The molecule has 3 rings (SSSR count). The number of amides is 1. The van der Waals surface area contributed by atoms with Crippen molar-refractivity contribution in [3.8, 4) is 0 Å². The van der Waals surface area contributed by atoms with E-state index >= 15 is 0 Å². The predicted octanol–water partition coefficient (Wildman–Crippen LogP) is 3.77. The Bertz CT molecular complexity index is 1150. The van der Waals surface area contributed by atoms with Crippen LogP contribution in [0.1, 0.15) is 19.3 Å². The van der Waals surface area contributed by atoms with Crippen LogP contribution in [0.15, 0.2) is 59.5 Å². The van der Waals surface area contributed by atoms with E-state index in [0.717, 1.165) is 17.5 Å². The first-order valence-corrected chi connectivity index (χ1v) is 9.65. The minimum absolute atomic E-state index is 0.169. The molecule has 0 radical (unpaired) electrons. The maximum atomic E-state index is 12.4. The van der Waals surface area contributed by atoms with Crippen LogP contribution in [0.2, 0.25) is 0 Å². The minimum Gasteiger partial charge on any atom is -0.283 e. The van der Waals surface area contributed by atoms with E-state index in [4.69, 9.17) is 0 Å². The Balaban J connectivity index is 1.84. The van der Waals surface area contributed by atoms with Gasteiger partial charge in [-0.1, -0.05) is 30.3 Å². The van der Waals surface area contributed by atoms with Crippen LogP contribution in [0.25, 0.3) is 10.8 Å². The van der Waals surface area contributed by atoms with Crippen molar-refractivity contribution in [3.05, 3.63) is 64.4 Å². The highest BCUT2D eigenvalue weighted by atomic mass is 32.2. The molecule has 1 N–H and O–H groups in total. The Hall–Kier alpha value is -2.72. The third-order valence-corrected chi connectivity index (χ3v) is 5.98. The fourth-order valence-corrected chi connectivity index (χ4v) is 4.21. The maximum absolute atomic E-state index is 12.4. The average Bonchev–Trinajstić information content (AvgIpc) is 3.09. The van der Waals surface area contributed by atoms with Crippen LogP contribution in [0.5, 0.6) is 0 Å². The van der Waals surface area contributed by atoms with Gasteiger partial charge < -0.3 is 0 Å². The molecule has 0 aliphatic carbocycles. The second-order valence-corrected chi connectivity index (χ2v) is 8.20. The lowest BCUT2D eigenvalue weighted by Gasteiger charge is -2.07. The highest BCUT2D eigenvalue weighted by Crippen LogP contribution is 2.27.